The van der Waals surface area contributed by atoms with Gasteiger partial charge in [0.25, 0.3) is 0 Å². The van der Waals surface area contributed by atoms with E-state index in [1.807, 2.05) is 26.8 Å². The van der Waals surface area contributed by atoms with Gasteiger partial charge in [0.2, 0.25) is 0 Å². The smallest absolute Gasteiger partial charge is 0.181 e. The van der Waals surface area contributed by atoms with Crippen molar-refractivity contribution in [2.75, 3.05) is 31.2 Å². The SMILES string of the molecule is CC.Cc1[nH]nc2ncc(-c3cncc(N4CCOCC4)n3)cc12. The summed E-state index contributed by atoms with van der Waals surface area (Å²) in [6, 6.07) is 2.05. The number of hydrogen-bond donors (Lipinski definition) is 1. The average molecular weight is 326 g/mol. The Bertz CT molecular complexity index is 810. The maximum atomic E-state index is 5.38. The molecular formula is C17H22N6O. The van der Waals surface area contributed by atoms with Crippen molar-refractivity contribution in [3.05, 3.63) is 30.4 Å². The number of fused-ring (bicyclic) bond motifs is 1. The Labute approximate surface area is 141 Å². The third kappa shape index (κ3) is 3.21. The number of anilines is 1. The van der Waals surface area contributed by atoms with Crippen LogP contribution in [0.3, 0.4) is 0 Å². The van der Waals surface area contributed by atoms with Gasteiger partial charge in [-0.15, -0.1) is 0 Å². The van der Waals surface area contributed by atoms with E-state index in [1.54, 1.807) is 18.6 Å². The molecule has 3 aromatic rings. The van der Waals surface area contributed by atoms with Crippen LogP contribution in [0, 0.1) is 6.92 Å². The molecule has 0 radical (unpaired) electrons. The van der Waals surface area contributed by atoms with E-state index in [0.717, 1.165) is 60.1 Å². The maximum absolute atomic E-state index is 5.38. The van der Waals surface area contributed by atoms with Crippen molar-refractivity contribution in [2.45, 2.75) is 20.8 Å². The summed E-state index contributed by atoms with van der Waals surface area (Å²) in [4.78, 5) is 15.6. The largest absolute Gasteiger partial charge is 0.378 e. The van der Waals surface area contributed by atoms with Gasteiger partial charge in [-0.2, -0.15) is 5.10 Å². The molecule has 0 atom stereocenters. The molecule has 126 valence electrons. The number of nitrogens with zero attached hydrogens (tertiary/aromatic N) is 5. The lowest BCUT2D eigenvalue weighted by Crippen LogP contribution is -2.36. The number of ether oxygens (including phenoxy) is 1. The van der Waals surface area contributed by atoms with Crippen LogP contribution in [0.2, 0.25) is 0 Å². The fourth-order valence-electron chi connectivity index (χ4n) is 2.60. The highest BCUT2D eigenvalue weighted by Gasteiger charge is 2.14. The van der Waals surface area contributed by atoms with Gasteiger partial charge in [-0.1, -0.05) is 13.8 Å². The second-order valence-corrected chi connectivity index (χ2v) is 5.31. The Morgan fingerprint density at radius 2 is 1.92 bits per heavy atom. The molecule has 0 bridgehead atoms. The number of aromatic nitrogens is 5. The van der Waals surface area contributed by atoms with E-state index in [4.69, 9.17) is 9.72 Å². The van der Waals surface area contributed by atoms with E-state index in [9.17, 15) is 0 Å². The number of rotatable bonds is 2. The summed E-state index contributed by atoms with van der Waals surface area (Å²) >= 11 is 0. The quantitative estimate of drug-likeness (QED) is 0.780. The number of hydrogen-bond acceptors (Lipinski definition) is 6. The molecule has 0 spiro atoms. The minimum absolute atomic E-state index is 0.721. The van der Waals surface area contributed by atoms with Gasteiger partial charge in [0.15, 0.2) is 5.65 Å². The van der Waals surface area contributed by atoms with Crippen molar-refractivity contribution in [1.82, 2.24) is 25.1 Å². The molecule has 4 rings (SSSR count). The van der Waals surface area contributed by atoms with Crippen molar-refractivity contribution in [2.24, 2.45) is 0 Å². The Balaban J connectivity index is 0.000000815. The lowest BCUT2D eigenvalue weighted by Gasteiger charge is -2.27. The van der Waals surface area contributed by atoms with Gasteiger partial charge in [-0.05, 0) is 13.0 Å². The fraction of sp³-hybridized carbons (Fsp3) is 0.412. The summed E-state index contributed by atoms with van der Waals surface area (Å²) in [5.41, 5.74) is 3.48. The van der Waals surface area contributed by atoms with Crippen molar-refractivity contribution in [3.8, 4) is 11.3 Å². The normalized spacial score (nSPS) is 14.4. The summed E-state index contributed by atoms with van der Waals surface area (Å²) in [6.07, 6.45) is 5.35. The predicted octanol–water partition coefficient (Wildman–Crippen LogP) is 2.59. The Kier molecular flexibility index (Phi) is 5.00. The summed E-state index contributed by atoms with van der Waals surface area (Å²) in [5.74, 6) is 0.879. The molecular weight excluding hydrogens is 304 g/mol. The summed E-state index contributed by atoms with van der Waals surface area (Å²) in [5, 5.41) is 8.11. The first-order valence-corrected chi connectivity index (χ1v) is 8.27. The van der Waals surface area contributed by atoms with Gasteiger partial charge in [-0.25, -0.2) is 9.97 Å². The molecule has 1 N–H and O–H groups in total. The molecule has 7 nitrogen and oxygen atoms in total. The zero-order valence-corrected chi connectivity index (χ0v) is 14.3. The van der Waals surface area contributed by atoms with Gasteiger partial charge in [0, 0.05) is 35.9 Å². The van der Waals surface area contributed by atoms with Crippen molar-refractivity contribution >= 4 is 16.9 Å². The second kappa shape index (κ2) is 7.35. The monoisotopic (exact) mass is 326 g/mol. The van der Waals surface area contributed by atoms with Crippen molar-refractivity contribution in [1.29, 1.82) is 0 Å². The van der Waals surface area contributed by atoms with E-state index in [0.29, 0.717) is 0 Å². The zero-order chi connectivity index (χ0) is 16.9. The predicted molar refractivity (Wildman–Crippen MR) is 94.0 cm³/mol. The van der Waals surface area contributed by atoms with Gasteiger partial charge in [0.1, 0.15) is 5.82 Å². The first-order chi connectivity index (χ1) is 11.8. The van der Waals surface area contributed by atoms with E-state index in [1.165, 1.54) is 0 Å². The lowest BCUT2D eigenvalue weighted by atomic mass is 10.1. The molecule has 0 aliphatic carbocycles. The standard InChI is InChI=1S/C15H16N6O.C2H6/c1-10-12-6-11(7-17-15(12)20-19-10)13-8-16-9-14(18-13)21-2-4-22-5-3-21;1-2/h6-9H,2-5H2,1H3,(H,17,19,20);1-2H3. The van der Waals surface area contributed by atoms with Gasteiger partial charge < -0.3 is 9.64 Å². The molecule has 7 heteroatoms. The van der Waals surface area contributed by atoms with E-state index >= 15 is 0 Å². The highest BCUT2D eigenvalue weighted by atomic mass is 16.5. The Hall–Kier alpha value is -2.54. The van der Waals surface area contributed by atoms with E-state index < -0.39 is 0 Å². The molecule has 4 heterocycles. The van der Waals surface area contributed by atoms with Gasteiger partial charge >= 0.3 is 0 Å². The molecule has 24 heavy (non-hydrogen) atoms. The zero-order valence-electron chi connectivity index (χ0n) is 14.3. The maximum Gasteiger partial charge on any atom is 0.181 e. The van der Waals surface area contributed by atoms with Crippen LogP contribution in [0.1, 0.15) is 19.5 Å². The van der Waals surface area contributed by atoms with Gasteiger partial charge in [0.05, 0.1) is 31.3 Å². The van der Waals surface area contributed by atoms with Crippen LogP contribution in [-0.4, -0.2) is 51.5 Å². The third-order valence-corrected chi connectivity index (χ3v) is 3.85. The number of aryl methyl sites for hydroxylation is 1. The van der Waals surface area contributed by atoms with Crippen LogP contribution in [0.5, 0.6) is 0 Å². The van der Waals surface area contributed by atoms with Crippen LogP contribution < -0.4 is 4.90 Å². The molecule has 0 amide bonds. The van der Waals surface area contributed by atoms with Crippen LogP contribution >= 0.6 is 0 Å². The average Bonchev–Trinajstić information content (AvgIpc) is 3.05. The first-order valence-electron chi connectivity index (χ1n) is 8.27. The molecule has 0 unspecified atom stereocenters. The Morgan fingerprint density at radius 3 is 2.71 bits per heavy atom. The molecule has 1 fully saturated rings. The van der Waals surface area contributed by atoms with Crippen LogP contribution in [-0.2, 0) is 4.74 Å². The summed E-state index contributed by atoms with van der Waals surface area (Å²) in [6.45, 7) is 9.13. The number of morpholine rings is 1. The number of pyridine rings is 1. The minimum atomic E-state index is 0.721. The van der Waals surface area contributed by atoms with Gasteiger partial charge in [-0.3, -0.25) is 10.1 Å². The molecule has 1 aliphatic rings. The van der Waals surface area contributed by atoms with E-state index in [2.05, 4.69) is 25.1 Å². The van der Waals surface area contributed by atoms with Crippen LogP contribution in [0.4, 0.5) is 5.82 Å². The number of H-pyrrole nitrogens is 1. The van der Waals surface area contributed by atoms with Crippen LogP contribution in [0.25, 0.3) is 22.3 Å². The highest BCUT2D eigenvalue weighted by Crippen LogP contribution is 2.23. The number of nitrogens with one attached hydrogen (secondary N) is 1. The Morgan fingerprint density at radius 1 is 1.12 bits per heavy atom. The molecule has 3 aromatic heterocycles. The second-order valence-electron chi connectivity index (χ2n) is 5.31. The molecule has 0 saturated carbocycles. The van der Waals surface area contributed by atoms with E-state index in [-0.39, 0.29) is 0 Å². The third-order valence-electron chi connectivity index (χ3n) is 3.85. The van der Waals surface area contributed by atoms with Crippen molar-refractivity contribution < 1.29 is 4.74 Å². The summed E-state index contributed by atoms with van der Waals surface area (Å²) < 4.78 is 5.38. The highest BCUT2D eigenvalue weighted by molar-refractivity contribution is 5.82. The molecule has 0 aromatic carbocycles. The lowest BCUT2D eigenvalue weighted by molar-refractivity contribution is 0.122. The minimum Gasteiger partial charge on any atom is -0.378 e. The van der Waals surface area contributed by atoms with Crippen LogP contribution in [0.15, 0.2) is 24.7 Å². The molecule has 1 aliphatic heterocycles. The molecule has 1 saturated heterocycles. The topological polar surface area (TPSA) is 79.8 Å². The first kappa shape index (κ1) is 16.3. The fourth-order valence-corrected chi connectivity index (χ4v) is 2.60. The summed E-state index contributed by atoms with van der Waals surface area (Å²) in [7, 11) is 0. The van der Waals surface area contributed by atoms with Crippen molar-refractivity contribution in [3.63, 3.8) is 0 Å². The number of aromatic amines is 1.